The van der Waals surface area contributed by atoms with Crippen molar-refractivity contribution in [1.82, 2.24) is 10.2 Å². The van der Waals surface area contributed by atoms with Crippen LogP contribution in [0, 0.1) is 0 Å². The standard InChI is InChI=1S/C26H22F3N3O3S/c27-26(28,29)35-21-13-11-20(12-14-21)32-23(33)15-22(24(32)34)31(17-19-9-5-2-6-10-19)25(36)30-16-18-7-3-1-4-8-18/h1-14,22H,15-17H2,(H,30,36). The first-order valence-electron chi connectivity index (χ1n) is 11.1. The van der Waals surface area contributed by atoms with Gasteiger partial charge in [0.2, 0.25) is 5.91 Å². The quantitative estimate of drug-likeness (QED) is 0.362. The summed E-state index contributed by atoms with van der Waals surface area (Å²) in [6.45, 7) is 0.724. The van der Waals surface area contributed by atoms with Gasteiger partial charge in [-0.2, -0.15) is 0 Å². The number of thiocarbonyl (C=S) groups is 1. The molecule has 10 heteroatoms. The van der Waals surface area contributed by atoms with Gasteiger partial charge in [0, 0.05) is 13.1 Å². The maximum atomic E-state index is 13.4. The zero-order valence-corrected chi connectivity index (χ0v) is 19.8. The molecule has 4 rings (SSSR count). The Hall–Kier alpha value is -3.92. The molecule has 3 aromatic carbocycles. The van der Waals surface area contributed by atoms with Gasteiger partial charge >= 0.3 is 6.36 Å². The number of nitrogens with zero attached hydrogens (tertiary/aromatic N) is 2. The lowest BCUT2D eigenvalue weighted by atomic mass is 10.1. The second-order valence-corrected chi connectivity index (χ2v) is 8.47. The predicted octanol–water partition coefficient (Wildman–Crippen LogP) is 4.79. The van der Waals surface area contributed by atoms with E-state index < -0.39 is 30.0 Å². The van der Waals surface area contributed by atoms with Gasteiger partial charge in [-0.3, -0.25) is 9.59 Å². The number of hydrogen-bond acceptors (Lipinski definition) is 4. The molecule has 3 aromatic rings. The van der Waals surface area contributed by atoms with Crippen LogP contribution in [0.25, 0.3) is 0 Å². The van der Waals surface area contributed by atoms with Gasteiger partial charge in [-0.1, -0.05) is 60.7 Å². The number of amides is 2. The first-order valence-corrected chi connectivity index (χ1v) is 11.5. The molecule has 0 radical (unpaired) electrons. The van der Waals surface area contributed by atoms with E-state index in [1.807, 2.05) is 60.7 Å². The number of nitrogens with one attached hydrogen (secondary N) is 1. The Labute approximate surface area is 211 Å². The average Bonchev–Trinajstić information content (AvgIpc) is 3.15. The third-order valence-electron chi connectivity index (χ3n) is 5.57. The van der Waals surface area contributed by atoms with E-state index in [0.29, 0.717) is 11.7 Å². The molecule has 1 N–H and O–H groups in total. The van der Waals surface area contributed by atoms with Gasteiger partial charge in [0.15, 0.2) is 5.11 Å². The minimum Gasteiger partial charge on any atom is -0.406 e. The molecule has 1 saturated heterocycles. The fraction of sp³-hybridized carbons (Fsp3) is 0.192. The number of imide groups is 1. The van der Waals surface area contributed by atoms with Gasteiger partial charge in [-0.05, 0) is 47.6 Å². The molecule has 2 amide bonds. The summed E-state index contributed by atoms with van der Waals surface area (Å²) < 4.78 is 41.3. The molecule has 6 nitrogen and oxygen atoms in total. The smallest absolute Gasteiger partial charge is 0.406 e. The van der Waals surface area contributed by atoms with E-state index in [4.69, 9.17) is 12.2 Å². The lowest BCUT2D eigenvalue weighted by Gasteiger charge is -2.30. The van der Waals surface area contributed by atoms with Crippen molar-refractivity contribution in [3.8, 4) is 5.75 Å². The van der Waals surface area contributed by atoms with Gasteiger partial charge in [0.05, 0.1) is 12.1 Å². The Morgan fingerprint density at radius 3 is 2.11 bits per heavy atom. The highest BCUT2D eigenvalue weighted by atomic mass is 32.1. The Bertz CT molecular complexity index is 1220. The van der Waals surface area contributed by atoms with Crippen LogP contribution in [0.4, 0.5) is 18.9 Å². The van der Waals surface area contributed by atoms with Crippen molar-refractivity contribution in [2.24, 2.45) is 0 Å². The third-order valence-corrected chi connectivity index (χ3v) is 5.95. The number of halogens is 3. The van der Waals surface area contributed by atoms with Crippen LogP contribution < -0.4 is 15.0 Å². The van der Waals surface area contributed by atoms with Crippen LogP contribution in [0.3, 0.4) is 0 Å². The van der Waals surface area contributed by atoms with Crippen molar-refractivity contribution in [2.75, 3.05) is 4.90 Å². The highest BCUT2D eigenvalue weighted by Gasteiger charge is 2.43. The second kappa shape index (κ2) is 10.8. The van der Waals surface area contributed by atoms with Crippen LogP contribution in [-0.4, -0.2) is 34.2 Å². The zero-order valence-electron chi connectivity index (χ0n) is 18.9. The number of rotatable bonds is 7. The Balaban J connectivity index is 1.54. The number of hydrogen-bond donors (Lipinski definition) is 1. The van der Waals surface area contributed by atoms with Crippen LogP contribution in [0.15, 0.2) is 84.9 Å². The Morgan fingerprint density at radius 2 is 1.53 bits per heavy atom. The van der Waals surface area contributed by atoms with E-state index in [2.05, 4.69) is 10.1 Å². The fourth-order valence-electron chi connectivity index (χ4n) is 3.91. The van der Waals surface area contributed by atoms with Crippen molar-refractivity contribution < 1.29 is 27.5 Å². The van der Waals surface area contributed by atoms with E-state index in [1.165, 1.54) is 12.1 Å². The maximum Gasteiger partial charge on any atom is 0.573 e. The molecular weight excluding hydrogens is 491 g/mol. The van der Waals surface area contributed by atoms with Crippen molar-refractivity contribution >= 4 is 34.8 Å². The predicted molar refractivity (Wildman–Crippen MR) is 132 cm³/mol. The van der Waals surface area contributed by atoms with Gasteiger partial charge in [-0.25, -0.2) is 4.90 Å². The highest BCUT2D eigenvalue weighted by Crippen LogP contribution is 2.30. The largest absolute Gasteiger partial charge is 0.573 e. The van der Waals surface area contributed by atoms with E-state index in [0.717, 1.165) is 28.2 Å². The molecule has 0 saturated carbocycles. The van der Waals surface area contributed by atoms with Gasteiger partial charge < -0.3 is 15.0 Å². The minimum atomic E-state index is -4.84. The molecule has 1 aliphatic rings. The number of carbonyl (C=O) groups excluding carboxylic acids is 2. The van der Waals surface area contributed by atoms with Crippen LogP contribution in [-0.2, 0) is 22.7 Å². The van der Waals surface area contributed by atoms with E-state index in [-0.39, 0.29) is 18.7 Å². The fourth-order valence-corrected chi connectivity index (χ4v) is 4.17. The number of alkyl halides is 3. The van der Waals surface area contributed by atoms with Crippen LogP contribution in [0.2, 0.25) is 0 Å². The van der Waals surface area contributed by atoms with E-state index >= 15 is 0 Å². The van der Waals surface area contributed by atoms with Crippen molar-refractivity contribution in [2.45, 2.75) is 31.9 Å². The van der Waals surface area contributed by atoms with Crippen LogP contribution in [0.5, 0.6) is 5.75 Å². The van der Waals surface area contributed by atoms with Gasteiger partial charge in [0.1, 0.15) is 11.8 Å². The maximum absolute atomic E-state index is 13.4. The molecule has 1 heterocycles. The topological polar surface area (TPSA) is 61.9 Å². The molecule has 36 heavy (non-hydrogen) atoms. The molecule has 1 unspecified atom stereocenters. The number of anilines is 1. The molecule has 0 aliphatic carbocycles. The average molecular weight is 514 g/mol. The zero-order chi connectivity index (χ0) is 25.7. The van der Waals surface area contributed by atoms with Crippen molar-refractivity contribution in [1.29, 1.82) is 0 Å². The molecule has 1 aliphatic heterocycles. The summed E-state index contributed by atoms with van der Waals surface area (Å²) in [5, 5.41) is 3.48. The van der Waals surface area contributed by atoms with Crippen LogP contribution >= 0.6 is 12.2 Å². The minimum absolute atomic E-state index is 0.125. The van der Waals surface area contributed by atoms with E-state index in [9.17, 15) is 22.8 Å². The molecular formula is C26H22F3N3O3S. The van der Waals surface area contributed by atoms with Crippen molar-refractivity contribution in [3.63, 3.8) is 0 Å². The number of carbonyl (C=O) groups is 2. The first kappa shape index (κ1) is 25.2. The summed E-state index contributed by atoms with van der Waals surface area (Å²) >= 11 is 5.63. The summed E-state index contributed by atoms with van der Waals surface area (Å²) in [6, 6.07) is 22.7. The monoisotopic (exact) mass is 513 g/mol. The summed E-state index contributed by atoms with van der Waals surface area (Å²) in [5.41, 5.74) is 2.05. The molecule has 1 atom stereocenters. The lowest BCUT2D eigenvalue weighted by molar-refractivity contribution is -0.274. The molecule has 0 aromatic heterocycles. The Morgan fingerprint density at radius 1 is 0.944 bits per heavy atom. The normalized spacial score (nSPS) is 15.6. The molecule has 0 spiro atoms. The summed E-state index contributed by atoms with van der Waals surface area (Å²) in [6.07, 6.45) is -4.97. The molecule has 1 fully saturated rings. The number of benzene rings is 3. The number of ether oxygens (including phenoxy) is 1. The molecule has 186 valence electrons. The van der Waals surface area contributed by atoms with E-state index in [1.54, 1.807) is 4.90 Å². The van der Waals surface area contributed by atoms with Crippen molar-refractivity contribution in [3.05, 3.63) is 96.1 Å². The Kier molecular flexibility index (Phi) is 7.54. The summed E-state index contributed by atoms with van der Waals surface area (Å²) in [4.78, 5) is 28.9. The summed E-state index contributed by atoms with van der Waals surface area (Å²) in [5.74, 6) is -1.43. The summed E-state index contributed by atoms with van der Waals surface area (Å²) in [7, 11) is 0. The second-order valence-electron chi connectivity index (χ2n) is 8.09. The third kappa shape index (κ3) is 6.19. The highest BCUT2D eigenvalue weighted by molar-refractivity contribution is 7.80. The van der Waals surface area contributed by atoms with Gasteiger partial charge in [0.25, 0.3) is 5.91 Å². The first-order chi connectivity index (χ1) is 17.2. The lowest BCUT2D eigenvalue weighted by Crippen LogP contribution is -2.48. The molecule has 0 bridgehead atoms. The van der Waals surface area contributed by atoms with Gasteiger partial charge in [-0.15, -0.1) is 13.2 Å². The van der Waals surface area contributed by atoms with Crippen LogP contribution in [0.1, 0.15) is 17.5 Å². The SMILES string of the molecule is O=C1CC(N(Cc2ccccc2)C(=S)NCc2ccccc2)C(=O)N1c1ccc(OC(F)(F)F)cc1.